The zero-order chi connectivity index (χ0) is 19.8. The number of nitrogens with one attached hydrogen (secondary N) is 1. The quantitative estimate of drug-likeness (QED) is 0.804. The molecule has 0 aromatic carbocycles. The van der Waals surface area contributed by atoms with E-state index in [0.717, 1.165) is 77.2 Å². The van der Waals surface area contributed by atoms with Gasteiger partial charge >= 0.3 is 0 Å². The standard InChI is InChI=1S/C21H27N5O2S/c27-20(17-3-1-2-15-4-5-22-10-18(15)17)26-11-16(12-26)24-6-8-25(9-7-24)21(28)19-13-29-14-23-19/h3,13-14,16,22H,1-2,4-12H2. The summed E-state index contributed by atoms with van der Waals surface area (Å²) in [6.07, 6.45) is 5.32. The molecule has 0 spiro atoms. The summed E-state index contributed by atoms with van der Waals surface area (Å²) in [7, 11) is 0. The van der Waals surface area contributed by atoms with E-state index in [9.17, 15) is 9.59 Å². The van der Waals surface area contributed by atoms with Gasteiger partial charge in [-0.15, -0.1) is 11.3 Å². The molecule has 8 heteroatoms. The number of nitrogens with zero attached hydrogens (tertiary/aromatic N) is 4. The molecule has 29 heavy (non-hydrogen) atoms. The predicted octanol–water partition coefficient (Wildman–Crippen LogP) is 1.12. The summed E-state index contributed by atoms with van der Waals surface area (Å²) in [5.74, 6) is 0.236. The van der Waals surface area contributed by atoms with Crippen LogP contribution >= 0.6 is 11.3 Å². The second-order valence-corrected chi connectivity index (χ2v) is 8.95. The van der Waals surface area contributed by atoms with E-state index >= 15 is 0 Å². The van der Waals surface area contributed by atoms with Gasteiger partial charge in [-0.3, -0.25) is 14.5 Å². The van der Waals surface area contributed by atoms with E-state index in [-0.39, 0.29) is 11.8 Å². The lowest BCUT2D eigenvalue weighted by atomic mass is 9.86. The minimum atomic E-state index is 0.0331. The highest BCUT2D eigenvalue weighted by molar-refractivity contribution is 7.07. The van der Waals surface area contributed by atoms with Gasteiger partial charge in [-0.1, -0.05) is 11.6 Å². The van der Waals surface area contributed by atoms with Crippen LogP contribution in [-0.2, 0) is 4.79 Å². The number of carbonyl (C=O) groups is 2. The molecule has 5 rings (SSSR count). The maximum absolute atomic E-state index is 13.1. The first-order chi connectivity index (χ1) is 14.2. The molecule has 3 aliphatic heterocycles. The van der Waals surface area contributed by atoms with Gasteiger partial charge in [0.15, 0.2) is 0 Å². The summed E-state index contributed by atoms with van der Waals surface area (Å²) >= 11 is 1.45. The summed E-state index contributed by atoms with van der Waals surface area (Å²) in [5.41, 5.74) is 5.93. The van der Waals surface area contributed by atoms with Crippen molar-refractivity contribution in [1.29, 1.82) is 0 Å². The Morgan fingerprint density at radius 3 is 2.66 bits per heavy atom. The summed E-state index contributed by atoms with van der Waals surface area (Å²) in [6.45, 7) is 6.65. The molecule has 7 nitrogen and oxygen atoms in total. The van der Waals surface area contributed by atoms with Gasteiger partial charge in [0.05, 0.1) is 5.51 Å². The largest absolute Gasteiger partial charge is 0.335 e. The Labute approximate surface area is 175 Å². The van der Waals surface area contributed by atoms with E-state index in [1.807, 2.05) is 15.2 Å². The fraction of sp³-hybridized carbons (Fsp3) is 0.571. The number of aromatic nitrogens is 1. The number of likely N-dealkylation sites (tertiary alicyclic amines) is 1. The lowest BCUT2D eigenvalue weighted by Gasteiger charge is -2.48. The van der Waals surface area contributed by atoms with Crippen LogP contribution < -0.4 is 5.32 Å². The Bertz CT molecular complexity index is 848. The first-order valence-electron chi connectivity index (χ1n) is 10.5. The van der Waals surface area contributed by atoms with Crippen molar-refractivity contribution >= 4 is 23.2 Å². The van der Waals surface area contributed by atoms with Crippen molar-refractivity contribution in [3.63, 3.8) is 0 Å². The van der Waals surface area contributed by atoms with Gasteiger partial charge < -0.3 is 15.1 Å². The molecule has 0 unspecified atom stereocenters. The molecule has 2 fully saturated rings. The first-order valence-corrected chi connectivity index (χ1v) is 11.5. The molecule has 1 N–H and O–H groups in total. The van der Waals surface area contributed by atoms with Crippen LogP contribution in [0.4, 0.5) is 0 Å². The molecule has 1 aromatic heterocycles. The fourth-order valence-electron chi connectivity index (χ4n) is 4.81. The molecule has 0 saturated carbocycles. The van der Waals surface area contributed by atoms with Crippen LogP contribution in [-0.4, -0.2) is 89.9 Å². The predicted molar refractivity (Wildman–Crippen MR) is 112 cm³/mol. The van der Waals surface area contributed by atoms with Crippen molar-refractivity contribution in [2.24, 2.45) is 0 Å². The van der Waals surface area contributed by atoms with Gasteiger partial charge in [0, 0.05) is 62.8 Å². The number of thiazole rings is 1. The number of allylic oxidation sites excluding steroid dienone is 1. The average Bonchev–Trinajstić information content (AvgIpc) is 3.27. The highest BCUT2D eigenvalue weighted by Crippen LogP contribution is 2.31. The minimum Gasteiger partial charge on any atom is -0.335 e. The molecule has 1 aliphatic carbocycles. The summed E-state index contributed by atoms with van der Waals surface area (Å²) in [4.78, 5) is 35.9. The topological polar surface area (TPSA) is 68.8 Å². The van der Waals surface area contributed by atoms with E-state index in [4.69, 9.17) is 0 Å². The second-order valence-electron chi connectivity index (χ2n) is 8.23. The Balaban J connectivity index is 1.13. The van der Waals surface area contributed by atoms with E-state index in [0.29, 0.717) is 11.7 Å². The number of amides is 2. The van der Waals surface area contributed by atoms with Crippen LogP contribution in [0.2, 0.25) is 0 Å². The van der Waals surface area contributed by atoms with Crippen LogP contribution in [0.3, 0.4) is 0 Å². The molecular weight excluding hydrogens is 386 g/mol. The Morgan fingerprint density at radius 1 is 1.07 bits per heavy atom. The maximum atomic E-state index is 13.1. The van der Waals surface area contributed by atoms with Crippen molar-refractivity contribution in [3.8, 4) is 0 Å². The zero-order valence-corrected chi connectivity index (χ0v) is 17.4. The number of hydrogen-bond acceptors (Lipinski definition) is 6. The van der Waals surface area contributed by atoms with Gasteiger partial charge in [0.25, 0.3) is 11.8 Å². The Morgan fingerprint density at radius 2 is 1.90 bits per heavy atom. The third-order valence-corrected chi connectivity index (χ3v) is 7.19. The third kappa shape index (κ3) is 3.65. The summed E-state index contributed by atoms with van der Waals surface area (Å²) in [6, 6.07) is 0.414. The number of hydrogen-bond donors (Lipinski definition) is 1. The fourth-order valence-corrected chi connectivity index (χ4v) is 5.34. The molecular formula is C21H27N5O2S. The molecule has 4 heterocycles. The summed E-state index contributed by atoms with van der Waals surface area (Å²) < 4.78 is 0. The number of carbonyl (C=O) groups excluding carboxylic acids is 2. The normalized spacial score (nSPS) is 23.5. The van der Waals surface area contributed by atoms with Gasteiger partial charge in [-0.2, -0.15) is 0 Å². The molecule has 1 aromatic rings. The highest BCUT2D eigenvalue weighted by atomic mass is 32.1. The van der Waals surface area contributed by atoms with Crippen LogP contribution in [0.25, 0.3) is 0 Å². The zero-order valence-electron chi connectivity index (χ0n) is 16.6. The molecule has 0 radical (unpaired) electrons. The van der Waals surface area contributed by atoms with Crippen molar-refractivity contribution in [1.82, 2.24) is 25.0 Å². The first kappa shape index (κ1) is 19.0. The third-order valence-electron chi connectivity index (χ3n) is 6.60. The highest BCUT2D eigenvalue weighted by Gasteiger charge is 2.38. The molecule has 4 aliphatic rings. The van der Waals surface area contributed by atoms with Crippen LogP contribution in [0.15, 0.2) is 33.7 Å². The Hall–Kier alpha value is -2.03. The van der Waals surface area contributed by atoms with Crippen LogP contribution in [0.5, 0.6) is 0 Å². The SMILES string of the molecule is O=C(C1=CCCC2=C1CNCC2)N1CC(N2CCN(C(=O)c3cscn3)CC2)C1. The van der Waals surface area contributed by atoms with E-state index in [1.54, 1.807) is 5.51 Å². The van der Waals surface area contributed by atoms with Gasteiger partial charge in [-0.25, -0.2) is 4.98 Å². The van der Waals surface area contributed by atoms with Crippen molar-refractivity contribution in [2.75, 3.05) is 52.4 Å². The molecule has 154 valence electrons. The smallest absolute Gasteiger partial charge is 0.273 e. The molecule has 2 amide bonds. The number of rotatable bonds is 3. The minimum absolute atomic E-state index is 0.0331. The lowest BCUT2D eigenvalue weighted by molar-refractivity contribution is -0.134. The van der Waals surface area contributed by atoms with E-state index in [2.05, 4.69) is 21.3 Å². The molecule has 0 bridgehead atoms. The van der Waals surface area contributed by atoms with Gasteiger partial charge in [0.2, 0.25) is 0 Å². The van der Waals surface area contributed by atoms with Crippen LogP contribution in [0, 0.1) is 0 Å². The lowest BCUT2D eigenvalue weighted by Crippen LogP contribution is -2.64. The van der Waals surface area contributed by atoms with Crippen molar-refractivity contribution < 1.29 is 9.59 Å². The number of piperazine rings is 1. The average molecular weight is 414 g/mol. The van der Waals surface area contributed by atoms with Gasteiger partial charge in [0.1, 0.15) is 5.69 Å². The maximum Gasteiger partial charge on any atom is 0.273 e. The monoisotopic (exact) mass is 413 g/mol. The van der Waals surface area contributed by atoms with Crippen molar-refractivity contribution in [3.05, 3.63) is 39.4 Å². The van der Waals surface area contributed by atoms with Crippen LogP contribution in [0.1, 0.15) is 29.8 Å². The second kappa shape index (κ2) is 8.01. The van der Waals surface area contributed by atoms with Gasteiger partial charge in [-0.05, 0) is 31.4 Å². The van der Waals surface area contributed by atoms with E-state index in [1.165, 1.54) is 22.5 Å². The van der Waals surface area contributed by atoms with E-state index < -0.39 is 0 Å². The Kier molecular flexibility index (Phi) is 5.24. The van der Waals surface area contributed by atoms with Crippen molar-refractivity contribution in [2.45, 2.75) is 25.3 Å². The molecule has 2 saturated heterocycles. The summed E-state index contributed by atoms with van der Waals surface area (Å²) in [5, 5.41) is 5.23. The molecule has 0 atom stereocenters.